The maximum absolute atomic E-state index is 13.2. The summed E-state index contributed by atoms with van der Waals surface area (Å²) in [7, 11) is 4.06. The van der Waals surface area contributed by atoms with Gasteiger partial charge in [0.25, 0.3) is 0 Å². The Kier molecular flexibility index (Phi) is 11.6. The summed E-state index contributed by atoms with van der Waals surface area (Å²) in [5.74, 6) is 1.25. The minimum atomic E-state index is -0.245. The molecule has 210 valence electrons. The average molecular weight is 575 g/mol. The van der Waals surface area contributed by atoms with Crippen molar-refractivity contribution in [2.45, 2.75) is 45.4 Å². The molecule has 8 heteroatoms. The zero-order valence-corrected chi connectivity index (χ0v) is 24.3. The molecule has 5 rings (SSSR count). The van der Waals surface area contributed by atoms with E-state index in [0.29, 0.717) is 13.2 Å². The molecule has 0 aliphatic carbocycles. The third-order valence-electron chi connectivity index (χ3n) is 7.30. The van der Waals surface area contributed by atoms with Crippen LogP contribution in [0.4, 0.5) is 4.39 Å². The van der Waals surface area contributed by atoms with E-state index in [1.807, 2.05) is 20.2 Å². The van der Waals surface area contributed by atoms with E-state index >= 15 is 0 Å². The lowest BCUT2D eigenvalue weighted by atomic mass is 9.91. The van der Waals surface area contributed by atoms with E-state index in [1.54, 1.807) is 12.1 Å². The lowest BCUT2D eigenvalue weighted by Gasteiger charge is -2.31. The summed E-state index contributed by atoms with van der Waals surface area (Å²) in [5.41, 5.74) is 5.15. The van der Waals surface area contributed by atoms with Crippen LogP contribution in [0.15, 0.2) is 71.3 Å². The van der Waals surface area contributed by atoms with Gasteiger partial charge in [0.15, 0.2) is 5.58 Å². The molecule has 39 heavy (non-hydrogen) atoms. The number of aromatic nitrogens is 1. The van der Waals surface area contributed by atoms with E-state index in [-0.39, 0.29) is 30.6 Å². The molecule has 0 N–H and O–H groups in total. The lowest BCUT2D eigenvalue weighted by molar-refractivity contribution is 0.172. The fourth-order valence-corrected chi connectivity index (χ4v) is 5.23. The maximum atomic E-state index is 13.2. The molecule has 0 radical (unpaired) electrons. The Morgan fingerprint density at radius 1 is 0.949 bits per heavy atom. The second-order valence-corrected chi connectivity index (χ2v) is 10.4. The Labute approximate surface area is 243 Å². The van der Waals surface area contributed by atoms with Gasteiger partial charge in [-0.3, -0.25) is 4.90 Å². The molecule has 0 amide bonds. The van der Waals surface area contributed by atoms with Crippen LogP contribution in [0.1, 0.15) is 41.6 Å². The quantitative estimate of drug-likeness (QED) is 0.199. The number of rotatable bonds is 10. The molecule has 1 fully saturated rings. The van der Waals surface area contributed by atoms with Crippen molar-refractivity contribution in [1.82, 2.24) is 15.0 Å². The van der Waals surface area contributed by atoms with Crippen LogP contribution in [-0.4, -0.2) is 42.1 Å². The third-order valence-corrected chi connectivity index (χ3v) is 7.30. The van der Waals surface area contributed by atoms with Crippen molar-refractivity contribution in [1.29, 1.82) is 0 Å². The van der Waals surface area contributed by atoms with Crippen LogP contribution < -0.4 is 4.74 Å². The van der Waals surface area contributed by atoms with Crippen molar-refractivity contribution in [2.75, 3.05) is 27.2 Å². The van der Waals surface area contributed by atoms with E-state index < -0.39 is 0 Å². The molecule has 4 aromatic rings. The number of fused-ring (bicyclic) bond motifs is 1. The van der Waals surface area contributed by atoms with Crippen LogP contribution in [-0.2, 0) is 26.1 Å². The van der Waals surface area contributed by atoms with Crippen LogP contribution in [0, 0.1) is 11.7 Å². The number of hydrogen-bond donors (Lipinski definition) is 0. The van der Waals surface area contributed by atoms with Crippen molar-refractivity contribution >= 4 is 35.8 Å². The molecular weight excluding hydrogens is 536 g/mol. The van der Waals surface area contributed by atoms with Gasteiger partial charge in [0.2, 0.25) is 0 Å². The van der Waals surface area contributed by atoms with Gasteiger partial charge in [0.1, 0.15) is 18.2 Å². The Morgan fingerprint density at radius 3 is 2.36 bits per heavy atom. The molecule has 0 unspecified atom stereocenters. The number of benzene rings is 3. The van der Waals surface area contributed by atoms with Gasteiger partial charge in [0.05, 0.1) is 11.3 Å². The SMILES string of the molecule is CN(C)Cc1c(OCc2ccc(F)cc2)ccc2c(CCC3CCN(Cc4ccccc4)CC3)noc12.Cl.Cl. The van der Waals surface area contributed by atoms with Gasteiger partial charge in [-0.1, -0.05) is 47.6 Å². The summed E-state index contributed by atoms with van der Waals surface area (Å²) in [6.07, 6.45) is 4.52. The molecule has 0 saturated carbocycles. The second-order valence-electron chi connectivity index (χ2n) is 10.4. The monoisotopic (exact) mass is 573 g/mol. The third kappa shape index (κ3) is 8.18. The standard InChI is InChI=1S/C31H36FN3O2.2ClH/c1-34(2)21-28-30(36-22-25-8-11-26(32)12-9-25)15-13-27-29(33-37-31(27)28)14-10-23-16-18-35(19-17-23)20-24-6-4-3-5-7-24;;/h3-9,11-13,15,23H,10,14,16-22H2,1-2H3;2*1H. The predicted octanol–water partition coefficient (Wildman–Crippen LogP) is 7.30. The Hall–Kier alpha value is -2.64. The number of halogens is 3. The first kappa shape index (κ1) is 30.9. The van der Waals surface area contributed by atoms with Gasteiger partial charge in [-0.15, -0.1) is 24.8 Å². The van der Waals surface area contributed by atoms with E-state index in [4.69, 9.17) is 9.26 Å². The first-order chi connectivity index (χ1) is 18.0. The second kappa shape index (κ2) is 14.7. The summed E-state index contributed by atoms with van der Waals surface area (Å²) in [4.78, 5) is 4.67. The van der Waals surface area contributed by atoms with Crippen LogP contribution in [0.25, 0.3) is 11.0 Å². The number of piperidine rings is 1. The molecule has 1 saturated heterocycles. The fourth-order valence-electron chi connectivity index (χ4n) is 5.23. The number of likely N-dealkylation sites (tertiary alicyclic amines) is 1. The molecule has 1 aliphatic heterocycles. The van der Waals surface area contributed by atoms with Gasteiger partial charge in [-0.2, -0.15) is 0 Å². The summed E-state index contributed by atoms with van der Waals surface area (Å²) in [5, 5.41) is 5.56. The van der Waals surface area contributed by atoms with Crippen LogP contribution in [0.5, 0.6) is 5.75 Å². The topological polar surface area (TPSA) is 41.7 Å². The van der Waals surface area contributed by atoms with Crippen molar-refractivity contribution in [2.24, 2.45) is 5.92 Å². The number of hydrogen-bond acceptors (Lipinski definition) is 5. The molecular formula is C31H38Cl2FN3O2. The Morgan fingerprint density at radius 2 is 1.67 bits per heavy atom. The highest BCUT2D eigenvalue weighted by molar-refractivity contribution is 5.86. The maximum Gasteiger partial charge on any atom is 0.175 e. The van der Waals surface area contributed by atoms with Crippen LogP contribution in [0.3, 0.4) is 0 Å². The lowest BCUT2D eigenvalue weighted by Crippen LogP contribution is -2.33. The molecule has 0 spiro atoms. The fraction of sp³-hybridized carbons (Fsp3) is 0.387. The molecule has 0 bridgehead atoms. The Bertz CT molecular complexity index is 1290. The highest BCUT2D eigenvalue weighted by Crippen LogP contribution is 2.33. The summed E-state index contributed by atoms with van der Waals surface area (Å²) < 4.78 is 25.3. The first-order valence-electron chi connectivity index (χ1n) is 13.2. The predicted molar refractivity (Wildman–Crippen MR) is 159 cm³/mol. The molecule has 3 aromatic carbocycles. The molecule has 5 nitrogen and oxygen atoms in total. The zero-order chi connectivity index (χ0) is 25.6. The highest BCUT2D eigenvalue weighted by atomic mass is 35.5. The summed E-state index contributed by atoms with van der Waals surface area (Å²) >= 11 is 0. The number of nitrogens with zero attached hydrogens (tertiary/aromatic N) is 3. The number of aryl methyl sites for hydroxylation is 1. The molecule has 1 aromatic heterocycles. The zero-order valence-electron chi connectivity index (χ0n) is 22.6. The van der Waals surface area contributed by atoms with Crippen molar-refractivity contribution < 1.29 is 13.7 Å². The van der Waals surface area contributed by atoms with Gasteiger partial charge >= 0.3 is 0 Å². The molecule has 1 aliphatic rings. The normalized spacial score (nSPS) is 14.3. The minimum absolute atomic E-state index is 0. The van der Waals surface area contributed by atoms with Gasteiger partial charge in [-0.05, 0) is 94.2 Å². The van der Waals surface area contributed by atoms with E-state index in [1.165, 1.54) is 30.5 Å². The number of ether oxygens (including phenoxy) is 1. The van der Waals surface area contributed by atoms with Crippen molar-refractivity contribution in [3.63, 3.8) is 0 Å². The smallest absolute Gasteiger partial charge is 0.175 e. The largest absolute Gasteiger partial charge is 0.488 e. The van der Waals surface area contributed by atoms with Crippen molar-refractivity contribution in [3.05, 3.63) is 94.9 Å². The van der Waals surface area contributed by atoms with E-state index in [9.17, 15) is 4.39 Å². The van der Waals surface area contributed by atoms with Crippen LogP contribution >= 0.6 is 24.8 Å². The van der Waals surface area contributed by atoms with Gasteiger partial charge in [0, 0.05) is 18.5 Å². The van der Waals surface area contributed by atoms with Gasteiger partial charge in [-0.25, -0.2) is 4.39 Å². The highest BCUT2D eigenvalue weighted by Gasteiger charge is 2.22. The van der Waals surface area contributed by atoms with Crippen molar-refractivity contribution in [3.8, 4) is 5.75 Å². The first-order valence-corrected chi connectivity index (χ1v) is 13.2. The summed E-state index contributed by atoms with van der Waals surface area (Å²) in [6.45, 7) is 4.41. The van der Waals surface area contributed by atoms with E-state index in [0.717, 1.165) is 71.9 Å². The molecule has 2 heterocycles. The van der Waals surface area contributed by atoms with E-state index in [2.05, 4.69) is 51.4 Å². The summed E-state index contributed by atoms with van der Waals surface area (Å²) in [6, 6.07) is 21.2. The molecule has 0 atom stereocenters. The average Bonchev–Trinajstić information content (AvgIpc) is 3.32. The minimum Gasteiger partial charge on any atom is -0.488 e. The van der Waals surface area contributed by atoms with Gasteiger partial charge < -0.3 is 14.2 Å². The van der Waals surface area contributed by atoms with Crippen LogP contribution in [0.2, 0.25) is 0 Å². The Balaban J connectivity index is 0.00000210.